The third kappa shape index (κ3) is 3.42. The minimum absolute atomic E-state index is 0.00587. The first-order valence-electron chi connectivity index (χ1n) is 8.05. The Kier molecular flexibility index (Phi) is 4.95. The molecule has 1 amide bonds. The molecule has 1 saturated heterocycles. The van der Waals surface area contributed by atoms with Crippen LogP contribution in [-0.2, 0) is 20.7 Å². The summed E-state index contributed by atoms with van der Waals surface area (Å²) in [6.45, 7) is 4.07. The van der Waals surface area contributed by atoms with E-state index >= 15 is 0 Å². The zero-order chi connectivity index (χ0) is 15.4. The number of hydrogen-bond donors (Lipinski definition) is 1. The zero-order valence-electron chi connectivity index (χ0n) is 13.0. The van der Waals surface area contributed by atoms with Crippen molar-refractivity contribution in [1.29, 1.82) is 0 Å². The van der Waals surface area contributed by atoms with Crippen LogP contribution in [-0.4, -0.2) is 32.0 Å². The average Bonchev–Trinajstić information content (AvgIpc) is 2.55. The topological polar surface area (TPSA) is 56.8 Å². The molecule has 2 aliphatic rings. The fraction of sp³-hybridized carbons (Fsp3) is 0.588. The highest BCUT2D eigenvalue weighted by molar-refractivity contribution is 5.77. The summed E-state index contributed by atoms with van der Waals surface area (Å²) in [5, 5.41) is 3.09. The molecule has 0 unspecified atom stereocenters. The second kappa shape index (κ2) is 7.11. The summed E-state index contributed by atoms with van der Waals surface area (Å²) in [5.41, 5.74) is 2.26. The number of ether oxygens (including phenoxy) is 3. The molecule has 0 aromatic heterocycles. The number of benzene rings is 1. The summed E-state index contributed by atoms with van der Waals surface area (Å²) < 4.78 is 16.7. The van der Waals surface area contributed by atoms with E-state index in [1.807, 2.05) is 12.1 Å². The average molecular weight is 305 g/mol. The van der Waals surface area contributed by atoms with Gasteiger partial charge in [-0.15, -0.1) is 0 Å². The van der Waals surface area contributed by atoms with E-state index in [-0.39, 0.29) is 18.4 Å². The Morgan fingerprint density at radius 3 is 2.86 bits per heavy atom. The van der Waals surface area contributed by atoms with Crippen LogP contribution in [0.2, 0.25) is 0 Å². The Labute approximate surface area is 130 Å². The quantitative estimate of drug-likeness (QED) is 0.927. The molecule has 1 aromatic carbocycles. The van der Waals surface area contributed by atoms with Crippen LogP contribution >= 0.6 is 0 Å². The molecule has 0 saturated carbocycles. The van der Waals surface area contributed by atoms with E-state index in [9.17, 15) is 4.79 Å². The van der Waals surface area contributed by atoms with Gasteiger partial charge in [-0.2, -0.15) is 0 Å². The molecule has 5 heteroatoms. The predicted octanol–water partition coefficient (Wildman–Crippen LogP) is 2.34. The number of para-hydroxylation sites is 1. The normalized spacial score (nSPS) is 21.8. The first-order valence-corrected chi connectivity index (χ1v) is 8.05. The third-order valence-corrected chi connectivity index (χ3v) is 4.12. The van der Waals surface area contributed by atoms with Crippen LogP contribution < -0.4 is 10.1 Å². The molecule has 2 heterocycles. The van der Waals surface area contributed by atoms with Crippen LogP contribution in [0.3, 0.4) is 0 Å². The van der Waals surface area contributed by atoms with Crippen molar-refractivity contribution in [2.75, 3.05) is 19.8 Å². The molecule has 22 heavy (non-hydrogen) atoms. The molecule has 0 aliphatic carbocycles. The van der Waals surface area contributed by atoms with Crippen LogP contribution in [0.15, 0.2) is 18.2 Å². The molecule has 3 rings (SSSR count). The largest absolute Gasteiger partial charge is 0.493 e. The van der Waals surface area contributed by atoms with Gasteiger partial charge in [0.1, 0.15) is 5.75 Å². The highest BCUT2D eigenvalue weighted by atomic mass is 16.7. The Balaban J connectivity index is 1.65. The lowest BCUT2D eigenvalue weighted by Gasteiger charge is -2.29. The Morgan fingerprint density at radius 1 is 1.27 bits per heavy atom. The number of carbonyl (C=O) groups excluding carboxylic acids is 1. The van der Waals surface area contributed by atoms with E-state index in [0.29, 0.717) is 19.8 Å². The van der Waals surface area contributed by atoms with Crippen molar-refractivity contribution in [2.24, 2.45) is 0 Å². The minimum Gasteiger partial charge on any atom is -0.493 e. The molecule has 120 valence electrons. The van der Waals surface area contributed by atoms with E-state index in [4.69, 9.17) is 14.2 Å². The van der Waals surface area contributed by atoms with Gasteiger partial charge >= 0.3 is 0 Å². The Hall–Kier alpha value is -1.59. The van der Waals surface area contributed by atoms with E-state index < -0.39 is 6.29 Å². The van der Waals surface area contributed by atoms with Crippen LogP contribution in [0.1, 0.15) is 43.4 Å². The molecule has 1 N–H and O–H groups in total. The number of carbonyl (C=O) groups is 1. The molecule has 5 nitrogen and oxygen atoms in total. The summed E-state index contributed by atoms with van der Waals surface area (Å²) in [6.07, 6.45) is 2.45. The van der Waals surface area contributed by atoms with Crippen LogP contribution in [0, 0.1) is 0 Å². The Bertz CT molecular complexity index is 525. The van der Waals surface area contributed by atoms with Gasteiger partial charge in [0.2, 0.25) is 5.91 Å². The number of aryl methyl sites for hydroxylation is 1. The van der Waals surface area contributed by atoms with E-state index in [1.165, 1.54) is 5.56 Å². The monoisotopic (exact) mass is 305 g/mol. The highest BCUT2D eigenvalue weighted by Gasteiger charge is 2.26. The fourth-order valence-corrected chi connectivity index (χ4v) is 2.98. The second-order valence-electron chi connectivity index (χ2n) is 5.68. The first kappa shape index (κ1) is 15.3. The molecule has 1 fully saturated rings. The highest BCUT2D eigenvalue weighted by Crippen LogP contribution is 2.35. The number of amides is 1. The van der Waals surface area contributed by atoms with Crippen molar-refractivity contribution in [2.45, 2.75) is 44.9 Å². The predicted molar refractivity (Wildman–Crippen MR) is 81.7 cm³/mol. The number of rotatable bonds is 4. The van der Waals surface area contributed by atoms with Crippen molar-refractivity contribution in [3.63, 3.8) is 0 Å². The van der Waals surface area contributed by atoms with Gasteiger partial charge in [0.15, 0.2) is 6.29 Å². The molecule has 0 radical (unpaired) electrons. The van der Waals surface area contributed by atoms with Crippen molar-refractivity contribution in [3.05, 3.63) is 29.3 Å². The molecule has 2 aliphatic heterocycles. The lowest BCUT2D eigenvalue weighted by Crippen LogP contribution is -2.36. The van der Waals surface area contributed by atoms with Gasteiger partial charge in [0, 0.05) is 12.0 Å². The molecule has 1 aromatic rings. The van der Waals surface area contributed by atoms with Crippen molar-refractivity contribution in [1.82, 2.24) is 5.32 Å². The number of hydrogen-bond acceptors (Lipinski definition) is 4. The van der Waals surface area contributed by atoms with E-state index in [0.717, 1.165) is 30.6 Å². The fourth-order valence-electron chi connectivity index (χ4n) is 2.98. The van der Waals surface area contributed by atoms with Gasteiger partial charge in [0.05, 0.1) is 32.3 Å². The summed E-state index contributed by atoms with van der Waals surface area (Å²) in [5.74, 6) is 0.901. The van der Waals surface area contributed by atoms with E-state index in [2.05, 4.69) is 18.3 Å². The molecular weight excluding hydrogens is 282 g/mol. The van der Waals surface area contributed by atoms with Crippen molar-refractivity contribution < 1.29 is 19.0 Å². The Morgan fingerprint density at radius 2 is 2.09 bits per heavy atom. The van der Waals surface area contributed by atoms with Crippen LogP contribution in [0.5, 0.6) is 5.75 Å². The van der Waals surface area contributed by atoms with Gasteiger partial charge in [0.25, 0.3) is 0 Å². The SMILES string of the molecule is CCc1cccc2c1OCC[C@@H]2NC(=O)CC1OCCCO1. The van der Waals surface area contributed by atoms with Crippen molar-refractivity contribution in [3.8, 4) is 5.75 Å². The maximum Gasteiger partial charge on any atom is 0.225 e. The van der Waals surface area contributed by atoms with Gasteiger partial charge in [-0.25, -0.2) is 0 Å². The lowest BCUT2D eigenvalue weighted by atomic mass is 9.96. The molecular formula is C17H23NO4. The smallest absolute Gasteiger partial charge is 0.225 e. The van der Waals surface area contributed by atoms with Gasteiger partial charge < -0.3 is 19.5 Å². The van der Waals surface area contributed by atoms with E-state index in [1.54, 1.807) is 0 Å². The maximum atomic E-state index is 12.2. The van der Waals surface area contributed by atoms with Crippen LogP contribution in [0.4, 0.5) is 0 Å². The first-order chi connectivity index (χ1) is 10.8. The zero-order valence-corrected chi connectivity index (χ0v) is 13.0. The van der Waals surface area contributed by atoms with Gasteiger partial charge in [-0.05, 0) is 18.4 Å². The lowest BCUT2D eigenvalue weighted by molar-refractivity contribution is -0.184. The molecule has 0 bridgehead atoms. The molecule has 0 spiro atoms. The van der Waals surface area contributed by atoms with Crippen molar-refractivity contribution >= 4 is 5.91 Å². The maximum absolute atomic E-state index is 12.2. The standard InChI is InChI=1S/C17H23NO4/c1-2-12-5-3-6-13-14(7-10-22-17(12)13)18-15(19)11-16-20-8-4-9-21-16/h3,5-6,14,16H,2,4,7-11H2,1H3,(H,18,19)/t14-/m0/s1. The van der Waals surface area contributed by atoms with Gasteiger partial charge in [-0.3, -0.25) is 4.79 Å². The molecule has 1 atom stereocenters. The number of fused-ring (bicyclic) bond motifs is 1. The summed E-state index contributed by atoms with van der Waals surface area (Å²) in [6, 6.07) is 6.14. The van der Waals surface area contributed by atoms with Gasteiger partial charge in [-0.1, -0.05) is 25.1 Å². The third-order valence-electron chi connectivity index (χ3n) is 4.12. The van der Waals surface area contributed by atoms with Crippen LogP contribution in [0.25, 0.3) is 0 Å². The number of nitrogens with one attached hydrogen (secondary N) is 1. The summed E-state index contributed by atoms with van der Waals surface area (Å²) >= 11 is 0. The second-order valence-corrected chi connectivity index (χ2v) is 5.68. The summed E-state index contributed by atoms with van der Waals surface area (Å²) in [4.78, 5) is 12.2. The summed E-state index contributed by atoms with van der Waals surface area (Å²) in [7, 11) is 0. The minimum atomic E-state index is -0.407.